The molecule has 0 radical (unpaired) electrons. The molecule has 0 spiro atoms. The van der Waals surface area contributed by atoms with Crippen LogP contribution in [0.2, 0.25) is 0 Å². The van der Waals surface area contributed by atoms with E-state index in [-0.39, 0.29) is 5.91 Å². The summed E-state index contributed by atoms with van der Waals surface area (Å²) in [4.78, 5) is 18.8. The minimum atomic E-state index is 0.134. The largest absolute Gasteiger partial charge is 0.354 e. The normalized spacial score (nSPS) is 23.8. The average molecular weight is 342 g/mol. The van der Waals surface area contributed by atoms with Gasteiger partial charge in [-0.15, -0.1) is 0 Å². The lowest BCUT2D eigenvalue weighted by Gasteiger charge is -2.30. The Balaban J connectivity index is 1.46. The maximum Gasteiger partial charge on any atom is 0.242 e. The van der Waals surface area contributed by atoms with Crippen molar-refractivity contribution in [3.63, 3.8) is 0 Å². The lowest BCUT2D eigenvalue weighted by molar-refractivity contribution is -0.130. The predicted molar refractivity (Wildman–Crippen MR) is 101 cm³/mol. The third-order valence-corrected chi connectivity index (χ3v) is 5.47. The quantitative estimate of drug-likeness (QED) is 0.655. The minimum absolute atomic E-state index is 0.134. The Morgan fingerprint density at radius 1 is 1.20 bits per heavy atom. The van der Waals surface area contributed by atoms with Crippen LogP contribution < -0.4 is 10.6 Å². The molecule has 0 saturated heterocycles. The van der Waals surface area contributed by atoms with E-state index in [9.17, 15) is 4.79 Å². The molecule has 1 amide bonds. The first-order valence-electron chi connectivity index (χ1n) is 9.47. The molecule has 1 aromatic rings. The molecular weight excluding hydrogens is 312 g/mol. The van der Waals surface area contributed by atoms with Gasteiger partial charge < -0.3 is 15.5 Å². The molecule has 1 aliphatic heterocycles. The highest BCUT2D eigenvalue weighted by Gasteiger charge is 2.22. The second-order valence-corrected chi connectivity index (χ2v) is 7.36. The topological polar surface area (TPSA) is 56.7 Å². The molecule has 5 heteroatoms. The molecule has 5 nitrogen and oxygen atoms in total. The highest BCUT2D eigenvalue weighted by atomic mass is 16.2. The van der Waals surface area contributed by atoms with Crippen molar-refractivity contribution in [2.45, 2.75) is 51.6 Å². The van der Waals surface area contributed by atoms with Gasteiger partial charge >= 0.3 is 0 Å². The number of carbonyl (C=O) groups excluding carboxylic acids is 1. The van der Waals surface area contributed by atoms with Gasteiger partial charge in [0.1, 0.15) is 0 Å². The highest BCUT2D eigenvalue weighted by molar-refractivity contribution is 5.86. The van der Waals surface area contributed by atoms with Crippen molar-refractivity contribution < 1.29 is 4.79 Å². The average Bonchev–Trinajstić information content (AvgIpc) is 2.66. The predicted octanol–water partition coefficient (Wildman–Crippen LogP) is 2.31. The van der Waals surface area contributed by atoms with E-state index in [4.69, 9.17) is 0 Å². The van der Waals surface area contributed by atoms with Gasteiger partial charge in [0.15, 0.2) is 5.96 Å². The number of hydrogen-bond acceptors (Lipinski definition) is 2. The van der Waals surface area contributed by atoms with Crippen LogP contribution in [-0.2, 0) is 17.8 Å². The molecule has 0 aromatic heterocycles. The zero-order chi connectivity index (χ0) is 17.6. The number of hydrogen-bond donors (Lipinski definition) is 2. The van der Waals surface area contributed by atoms with E-state index in [1.807, 2.05) is 11.0 Å². The first-order valence-corrected chi connectivity index (χ1v) is 9.47. The highest BCUT2D eigenvalue weighted by Crippen LogP contribution is 2.23. The Morgan fingerprint density at radius 3 is 2.64 bits per heavy atom. The van der Waals surface area contributed by atoms with Crippen LogP contribution in [-0.4, -0.2) is 42.9 Å². The van der Waals surface area contributed by atoms with Crippen LogP contribution in [0.15, 0.2) is 29.3 Å². The van der Waals surface area contributed by atoms with E-state index in [1.165, 1.54) is 36.8 Å². The van der Waals surface area contributed by atoms with Crippen molar-refractivity contribution in [2.75, 3.05) is 20.1 Å². The second kappa shape index (κ2) is 8.37. The third kappa shape index (κ3) is 4.74. The summed E-state index contributed by atoms with van der Waals surface area (Å²) in [5.74, 6) is 1.71. The van der Waals surface area contributed by atoms with Crippen LogP contribution in [0.3, 0.4) is 0 Å². The summed E-state index contributed by atoms with van der Waals surface area (Å²) < 4.78 is 0. The molecule has 1 saturated carbocycles. The van der Waals surface area contributed by atoms with Crippen LogP contribution in [0.1, 0.15) is 43.7 Å². The lowest BCUT2D eigenvalue weighted by Crippen LogP contribution is -2.48. The molecular formula is C20H30N4O. The fourth-order valence-electron chi connectivity index (χ4n) is 3.77. The summed E-state index contributed by atoms with van der Waals surface area (Å²) in [6.45, 7) is 4.12. The van der Waals surface area contributed by atoms with Crippen LogP contribution in [0.5, 0.6) is 0 Å². The van der Waals surface area contributed by atoms with Gasteiger partial charge in [-0.25, -0.2) is 0 Å². The van der Waals surface area contributed by atoms with E-state index in [0.717, 1.165) is 24.8 Å². The van der Waals surface area contributed by atoms with Crippen molar-refractivity contribution in [3.8, 4) is 0 Å². The van der Waals surface area contributed by atoms with Gasteiger partial charge in [-0.3, -0.25) is 9.79 Å². The standard InChI is InChI=1S/C20H30N4O/c1-15-7-9-18(10-8-15)23-20(21-2)22-13-19(25)24-12-11-16-5-3-4-6-17(16)14-24/h3-6,15,18H,7-14H2,1-2H3,(H2,21,22,23). The molecule has 1 aliphatic carbocycles. The number of rotatable bonds is 3. The van der Waals surface area contributed by atoms with Crippen LogP contribution in [0, 0.1) is 5.92 Å². The van der Waals surface area contributed by atoms with Crippen molar-refractivity contribution in [1.29, 1.82) is 0 Å². The fourth-order valence-corrected chi connectivity index (χ4v) is 3.77. The van der Waals surface area contributed by atoms with Gasteiger partial charge in [-0.05, 0) is 49.1 Å². The molecule has 0 atom stereocenters. The third-order valence-electron chi connectivity index (χ3n) is 5.47. The first kappa shape index (κ1) is 17.8. The maximum absolute atomic E-state index is 12.5. The molecule has 3 rings (SSSR count). The van der Waals surface area contributed by atoms with E-state index in [2.05, 4.69) is 40.7 Å². The van der Waals surface area contributed by atoms with E-state index in [0.29, 0.717) is 19.1 Å². The van der Waals surface area contributed by atoms with Gasteiger partial charge in [0.05, 0.1) is 6.54 Å². The van der Waals surface area contributed by atoms with E-state index < -0.39 is 0 Å². The van der Waals surface area contributed by atoms with Gasteiger partial charge in [-0.2, -0.15) is 0 Å². The Hall–Kier alpha value is -2.04. The number of fused-ring (bicyclic) bond motifs is 1. The summed E-state index contributed by atoms with van der Waals surface area (Å²) in [5, 5.41) is 6.66. The Kier molecular flexibility index (Phi) is 5.95. The maximum atomic E-state index is 12.5. The zero-order valence-electron chi connectivity index (χ0n) is 15.4. The van der Waals surface area contributed by atoms with Crippen molar-refractivity contribution in [1.82, 2.24) is 15.5 Å². The number of nitrogens with zero attached hydrogens (tertiary/aromatic N) is 2. The number of amides is 1. The summed E-state index contributed by atoms with van der Waals surface area (Å²) in [6.07, 6.45) is 5.83. The van der Waals surface area contributed by atoms with Crippen LogP contribution >= 0.6 is 0 Å². The molecule has 1 heterocycles. The smallest absolute Gasteiger partial charge is 0.242 e. The zero-order valence-corrected chi connectivity index (χ0v) is 15.4. The Labute approximate surface area is 150 Å². The van der Waals surface area contributed by atoms with Gasteiger partial charge in [0.25, 0.3) is 0 Å². The van der Waals surface area contributed by atoms with Gasteiger partial charge in [0, 0.05) is 26.2 Å². The van der Waals surface area contributed by atoms with Gasteiger partial charge in [0.2, 0.25) is 5.91 Å². The molecule has 2 aliphatic rings. The lowest BCUT2D eigenvalue weighted by atomic mass is 9.87. The number of guanidine groups is 1. The molecule has 25 heavy (non-hydrogen) atoms. The molecule has 0 bridgehead atoms. The molecule has 1 fully saturated rings. The molecule has 2 N–H and O–H groups in total. The van der Waals surface area contributed by atoms with E-state index in [1.54, 1.807) is 7.05 Å². The van der Waals surface area contributed by atoms with Crippen LogP contribution in [0.4, 0.5) is 0 Å². The number of nitrogens with one attached hydrogen (secondary N) is 2. The fraction of sp³-hybridized carbons (Fsp3) is 0.600. The molecule has 0 unspecified atom stereocenters. The Bertz CT molecular complexity index is 620. The molecule has 136 valence electrons. The van der Waals surface area contributed by atoms with Gasteiger partial charge in [-0.1, -0.05) is 31.2 Å². The van der Waals surface area contributed by atoms with E-state index >= 15 is 0 Å². The second-order valence-electron chi connectivity index (χ2n) is 7.36. The summed E-state index contributed by atoms with van der Waals surface area (Å²) in [6, 6.07) is 8.86. The number of carbonyl (C=O) groups is 1. The molecule has 1 aromatic carbocycles. The summed E-state index contributed by atoms with van der Waals surface area (Å²) in [7, 11) is 1.77. The van der Waals surface area contributed by atoms with Crippen molar-refractivity contribution in [2.24, 2.45) is 10.9 Å². The first-order chi connectivity index (χ1) is 12.2. The summed E-state index contributed by atoms with van der Waals surface area (Å²) in [5.41, 5.74) is 2.63. The summed E-state index contributed by atoms with van der Waals surface area (Å²) >= 11 is 0. The number of benzene rings is 1. The Morgan fingerprint density at radius 2 is 1.92 bits per heavy atom. The SMILES string of the molecule is CN=C(NCC(=O)N1CCc2ccccc2C1)NC1CCC(C)CC1. The minimum Gasteiger partial charge on any atom is -0.354 e. The monoisotopic (exact) mass is 342 g/mol. The van der Waals surface area contributed by atoms with Crippen molar-refractivity contribution >= 4 is 11.9 Å². The van der Waals surface area contributed by atoms with Crippen molar-refractivity contribution in [3.05, 3.63) is 35.4 Å². The van der Waals surface area contributed by atoms with Crippen LogP contribution in [0.25, 0.3) is 0 Å². The number of aliphatic imine (C=N–C) groups is 1.